The third-order valence-electron chi connectivity index (χ3n) is 4.00. The topological polar surface area (TPSA) is 47.6 Å². The lowest BCUT2D eigenvalue weighted by molar-refractivity contribution is 0.302. The molecule has 3 nitrogen and oxygen atoms in total. The van der Waals surface area contributed by atoms with E-state index in [0.29, 0.717) is 18.0 Å². The molecule has 3 rings (SSSR count). The van der Waals surface area contributed by atoms with Crippen LogP contribution in [0, 0.1) is 0 Å². The van der Waals surface area contributed by atoms with E-state index in [-0.39, 0.29) is 6.04 Å². The van der Waals surface area contributed by atoms with Crippen molar-refractivity contribution in [2.75, 3.05) is 6.61 Å². The molecule has 1 unspecified atom stereocenters. The molecule has 0 radical (unpaired) electrons. The second kappa shape index (κ2) is 4.57. The van der Waals surface area contributed by atoms with Gasteiger partial charge in [-0.05, 0) is 48.8 Å². The van der Waals surface area contributed by atoms with Crippen molar-refractivity contribution < 1.29 is 4.74 Å². The molecule has 0 saturated heterocycles. The molecule has 4 heteroatoms. The van der Waals surface area contributed by atoms with Gasteiger partial charge in [0.15, 0.2) is 0 Å². The van der Waals surface area contributed by atoms with Gasteiger partial charge in [-0.3, -0.25) is 0 Å². The zero-order valence-electron chi connectivity index (χ0n) is 10.2. The first-order valence-electron chi connectivity index (χ1n) is 6.40. The van der Waals surface area contributed by atoms with Crippen molar-refractivity contribution in [1.29, 1.82) is 0 Å². The van der Waals surface area contributed by atoms with Gasteiger partial charge in [-0.15, -0.1) is 0 Å². The van der Waals surface area contributed by atoms with Crippen LogP contribution in [0.4, 0.5) is 0 Å². The van der Waals surface area contributed by atoms with E-state index < -0.39 is 0 Å². The van der Waals surface area contributed by atoms with E-state index in [4.69, 9.17) is 10.5 Å². The number of amidine groups is 1. The van der Waals surface area contributed by atoms with Gasteiger partial charge in [0.2, 0.25) is 0 Å². The van der Waals surface area contributed by atoms with E-state index in [1.165, 1.54) is 24.8 Å². The van der Waals surface area contributed by atoms with Crippen LogP contribution in [0.2, 0.25) is 0 Å². The average molecular weight is 309 g/mol. The lowest BCUT2D eigenvalue weighted by atomic mass is 9.89. The third-order valence-corrected chi connectivity index (χ3v) is 4.53. The molecule has 18 heavy (non-hydrogen) atoms. The fourth-order valence-electron chi connectivity index (χ4n) is 2.66. The van der Waals surface area contributed by atoms with Gasteiger partial charge >= 0.3 is 0 Å². The molecule has 96 valence electrons. The van der Waals surface area contributed by atoms with Crippen LogP contribution in [0.25, 0.3) is 0 Å². The molecule has 1 aromatic carbocycles. The number of nitrogens with two attached hydrogens (primary N) is 1. The van der Waals surface area contributed by atoms with Crippen LogP contribution in [0.1, 0.15) is 31.2 Å². The molecule has 1 heterocycles. The summed E-state index contributed by atoms with van der Waals surface area (Å²) < 4.78 is 6.34. The number of halogens is 1. The zero-order valence-corrected chi connectivity index (χ0v) is 11.8. The average Bonchev–Trinajstić information content (AvgIpc) is 3.05. The molecular weight excluding hydrogens is 292 g/mol. The zero-order chi connectivity index (χ0) is 12.6. The molecule has 1 saturated carbocycles. The van der Waals surface area contributed by atoms with Gasteiger partial charge in [0.05, 0.1) is 6.04 Å². The molecule has 1 aliphatic carbocycles. The highest BCUT2D eigenvalue weighted by molar-refractivity contribution is 9.10. The lowest BCUT2D eigenvalue weighted by Gasteiger charge is -2.16. The predicted molar refractivity (Wildman–Crippen MR) is 75.7 cm³/mol. The first kappa shape index (κ1) is 12.0. The van der Waals surface area contributed by atoms with Gasteiger partial charge in [0, 0.05) is 4.47 Å². The minimum Gasteiger partial charge on any atom is -0.463 e. The van der Waals surface area contributed by atoms with E-state index in [1.54, 1.807) is 0 Å². The highest BCUT2D eigenvalue weighted by atomic mass is 79.9. The Kier molecular flexibility index (Phi) is 3.06. The van der Waals surface area contributed by atoms with E-state index in [2.05, 4.69) is 45.2 Å². The molecule has 0 aromatic heterocycles. The quantitative estimate of drug-likeness (QED) is 0.929. The van der Waals surface area contributed by atoms with Gasteiger partial charge in [0.1, 0.15) is 6.61 Å². The lowest BCUT2D eigenvalue weighted by Crippen LogP contribution is -2.13. The van der Waals surface area contributed by atoms with E-state index >= 15 is 0 Å². The van der Waals surface area contributed by atoms with Crippen LogP contribution in [-0.4, -0.2) is 18.7 Å². The Balaban J connectivity index is 1.63. The summed E-state index contributed by atoms with van der Waals surface area (Å²) in [4.78, 5) is 4.29. The van der Waals surface area contributed by atoms with E-state index in [1.807, 2.05) is 0 Å². The Hall–Kier alpha value is -1.03. The molecule has 1 aromatic rings. The molecule has 2 aliphatic rings. The number of benzene rings is 1. The standard InChI is InChI=1S/C14H17BrN2O/c15-11-3-1-10(2-4-11)14(7-8-14)6-5-12-9-18-13(16)17-12/h1-4,12H,5-9H2,(H2,16,17). The van der Waals surface area contributed by atoms with Crippen LogP contribution >= 0.6 is 15.9 Å². The predicted octanol–water partition coefficient (Wildman–Crippen LogP) is 2.97. The Morgan fingerprint density at radius 1 is 1.33 bits per heavy atom. The SMILES string of the molecule is NC1=NC(CCC2(c3ccc(Br)cc3)CC2)CO1. The summed E-state index contributed by atoms with van der Waals surface area (Å²) in [5.41, 5.74) is 7.39. The summed E-state index contributed by atoms with van der Waals surface area (Å²) in [7, 11) is 0. The molecule has 0 bridgehead atoms. The van der Waals surface area contributed by atoms with Crippen molar-refractivity contribution >= 4 is 22.0 Å². The van der Waals surface area contributed by atoms with Crippen molar-refractivity contribution in [3.05, 3.63) is 34.3 Å². The number of aliphatic imine (C=N–C) groups is 1. The normalized spacial score (nSPS) is 24.5. The highest BCUT2D eigenvalue weighted by Crippen LogP contribution is 2.52. The summed E-state index contributed by atoms with van der Waals surface area (Å²) in [6, 6.07) is 9.35. The molecule has 0 amide bonds. The van der Waals surface area contributed by atoms with Gasteiger partial charge < -0.3 is 10.5 Å². The fourth-order valence-corrected chi connectivity index (χ4v) is 2.93. The largest absolute Gasteiger partial charge is 0.463 e. The maximum atomic E-state index is 5.53. The summed E-state index contributed by atoms with van der Waals surface area (Å²) in [6.45, 7) is 0.655. The first-order valence-corrected chi connectivity index (χ1v) is 7.19. The van der Waals surface area contributed by atoms with Crippen molar-refractivity contribution in [2.24, 2.45) is 10.7 Å². The van der Waals surface area contributed by atoms with Gasteiger partial charge in [-0.25, -0.2) is 4.99 Å². The summed E-state index contributed by atoms with van der Waals surface area (Å²) in [6.07, 6.45) is 4.83. The minimum atomic E-state index is 0.262. The van der Waals surface area contributed by atoms with Crippen molar-refractivity contribution in [1.82, 2.24) is 0 Å². The van der Waals surface area contributed by atoms with Gasteiger partial charge in [0.25, 0.3) is 6.02 Å². The maximum Gasteiger partial charge on any atom is 0.282 e. The Morgan fingerprint density at radius 3 is 2.61 bits per heavy atom. The summed E-state index contributed by atoms with van der Waals surface area (Å²) in [5.74, 6) is 0. The van der Waals surface area contributed by atoms with E-state index in [0.717, 1.165) is 10.9 Å². The summed E-state index contributed by atoms with van der Waals surface area (Å²) in [5, 5.41) is 0. The van der Waals surface area contributed by atoms with Gasteiger partial charge in [-0.1, -0.05) is 28.1 Å². The maximum absolute atomic E-state index is 5.53. The Bertz CT molecular complexity index is 465. The van der Waals surface area contributed by atoms with Gasteiger partial charge in [-0.2, -0.15) is 0 Å². The van der Waals surface area contributed by atoms with Crippen LogP contribution in [0.5, 0.6) is 0 Å². The van der Waals surface area contributed by atoms with Crippen LogP contribution in [0.15, 0.2) is 33.7 Å². The fraction of sp³-hybridized carbons (Fsp3) is 0.500. The number of nitrogens with zero attached hydrogens (tertiary/aromatic N) is 1. The highest BCUT2D eigenvalue weighted by Gasteiger charge is 2.44. The van der Waals surface area contributed by atoms with Crippen molar-refractivity contribution in [3.8, 4) is 0 Å². The molecule has 2 N–H and O–H groups in total. The number of hydrogen-bond donors (Lipinski definition) is 1. The van der Waals surface area contributed by atoms with Crippen molar-refractivity contribution in [3.63, 3.8) is 0 Å². The van der Waals surface area contributed by atoms with Crippen LogP contribution in [-0.2, 0) is 10.2 Å². The van der Waals surface area contributed by atoms with Crippen LogP contribution < -0.4 is 5.73 Å². The monoisotopic (exact) mass is 308 g/mol. The second-order valence-electron chi connectivity index (χ2n) is 5.26. The first-order chi connectivity index (χ1) is 8.68. The molecule has 1 atom stereocenters. The Labute approximate surface area is 116 Å². The number of hydrogen-bond acceptors (Lipinski definition) is 3. The summed E-state index contributed by atoms with van der Waals surface area (Å²) >= 11 is 3.48. The number of rotatable bonds is 4. The molecule has 0 spiro atoms. The Morgan fingerprint density at radius 2 is 2.06 bits per heavy atom. The number of ether oxygens (including phenoxy) is 1. The van der Waals surface area contributed by atoms with E-state index in [9.17, 15) is 0 Å². The smallest absolute Gasteiger partial charge is 0.282 e. The second-order valence-corrected chi connectivity index (χ2v) is 6.17. The molecule has 1 aliphatic heterocycles. The van der Waals surface area contributed by atoms with Crippen LogP contribution in [0.3, 0.4) is 0 Å². The molecule has 1 fully saturated rings. The van der Waals surface area contributed by atoms with Crippen molar-refractivity contribution in [2.45, 2.75) is 37.1 Å². The molecular formula is C14H17BrN2O. The minimum absolute atomic E-state index is 0.262. The third kappa shape index (κ3) is 2.39.